The summed E-state index contributed by atoms with van der Waals surface area (Å²) in [4.78, 5) is 14.7. The van der Waals surface area contributed by atoms with Crippen LogP contribution in [-0.4, -0.2) is 39.5 Å². The molecule has 2 heterocycles. The zero-order valence-corrected chi connectivity index (χ0v) is 14.0. The molecule has 1 aliphatic rings. The van der Waals surface area contributed by atoms with Crippen molar-refractivity contribution < 1.29 is 4.79 Å². The van der Waals surface area contributed by atoms with Crippen molar-refractivity contribution in [1.29, 1.82) is 0 Å². The summed E-state index contributed by atoms with van der Waals surface area (Å²) < 4.78 is 3.05. The van der Waals surface area contributed by atoms with E-state index in [2.05, 4.69) is 34.3 Å². The summed E-state index contributed by atoms with van der Waals surface area (Å²) in [5.74, 6) is 1.23. The number of hydrogen-bond donors (Lipinski definition) is 0. The number of aromatic nitrogens is 1. The maximum atomic E-state index is 12.6. The molecule has 0 radical (unpaired) electrons. The molecule has 1 atom stereocenters. The molecule has 0 N–H and O–H groups in total. The Morgan fingerprint density at radius 2 is 2.32 bits per heavy atom. The summed E-state index contributed by atoms with van der Waals surface area (Å²) in [6, 6.07) is 1.95. The van der Waals surface area contributed by atoms with Crippen LogP contribution in [0.5, 0.6) is 0 Å². The van der Waals surface area contributed by atoms with E-state index >= 15 is 0 Å². The smallest absolute Gasteiger partial charge is 0.270 e. The van der Waals surface area contributed by atoms with Gasteiger partial charge in [0.1, 0.15) is 5.69 Å². The van der Waals surface area contributed by atoms with Crippen LogP contribution in [0, 0.1) is 0 Å². The van der Waals surface area contributed by atoms with Gasteiger partial charge in [-0.2, -0.15) is 11.8 Å². The Morgan fingerprint density at radius 1 is 1.53 bits per heavy atom. The predicted octanol–water partition coefficient (Wildman–Crippen LogP) is 3.63. The van der Waals surface area contributed by atoms with E-state index in [9.17, 15) is 4.79 Å². The highest BCUT2D eigenvalue weighted by molar-refractivity contribution is 9.10. The fraction of sp³-hybridized carbons (Fsp3) is 0.643. The molecule has 3 nitrogen and oxygen atoms in total. The molecule has 1 aliphatic heterocycles. The minimum Gasteiger partial charge on any atom is -0.342 e. The SMILES string of the molecule is CCCn1cc(Br)cc1C(=O)N1CCSC(CC)C1. The number of aryl methyl sites for hydroxylation is 1. The molecule has 1 aromatic heterocycles. The molecule has 106 valence electrons. The molecule has 0 aromatic carbocycles. The topological polar surface area (TPSA) is 25.2 Å². The van der Waals surface area contributed by atoms with Crippen LogP contribution in [0.1, 0.15) is 37.2 Å². The van der Waals surface area contributed by atoms with E-state index in [1.54, 1.807) is 0 Å². The van der Waals surface area contributed by atoms with Crippen molar-refractivity contribution in [2.75, 3.05) is 18.8 Å². The largest absolute Gasteiger partial charge is 0.342 e. The molecule has 1 unspecified atom stereocenters. The molecule has 5 heteroatoms. The van der Waals surface area contributed by atoms with Gasteiger partial charge in [-0.3, -0.25) is 4.79 Å². The van der Waals surface area contributed by atoms with Crippen molar-refractivity contribution in [3.63, 3.8) is 0 Å². The summed E-state index contributed by atoms with van der Waals surface area (Å²) in [7, 11) is 0. The summed E-state index contributed by atoms with van der Waals surface area (Å²) in [6.07, 6.45) is 4.18. The molecule has 1 amide bonds. The molecular formula is C14H21BrN2OS. The number of amides is 1. The Labute approximate surface area is 127 Å². The fourth-order valence-corrected chi connectivity index (χ4v) is 4.04. The second-order valence-corrected chi connectivity index (χ2v) is 7.21. The fourth-order valence-electron chi connectivity index (χ4n) is 2.39. The number of hydrogen-bond acceptors (Lipinski definition) is 2. The number of rotatable bonds is 4. The van der Waals surface area contributed by atoms with Gasteiger partial charge in [0, 0.05) is 41.3 Å². The normalized spacial score (nSPS) is 19.7. The minimum atomic E-state index is 0.179. The van der Waals surface area contributed by atoms with E-state index in [1.165, 1.54) is 0 Å². The Balaban J connectivity index is 2.14. The van der Waals surface area contributed by atoms with Crippen LogP contribution in [0.4, 0.5) is 0 Å². The van der Waals surface area contributed by atoms with Crippen LogP contribution in [-0.2, 0) is 6.54 Å². The van der Waals surface area contributed by atoms with Crippen LogP contribution < -0.4 is 0 Å². The zero-order chi connectivity index (χ0) is 13.8. The first kappa shape index (κ1) is 15.0. The maximum Gasteiger partial charge on any atom is 0.270 e. The molecule has 19 heavy (non-hydrogen) atoms. The molecule has 0 spiro atoms. The lowest BCUT2D eigenvalue weighted by Gasteiger charge is -2.32. The monoisotopic (exact) mass is 344 g/mol. The summed E-state index contributed by atoms with van der Waals surface area (Å²) in [6.45, 7) is 6.98. The third kappa shape index (κ3) is 3.57. The first-order valence-corrected chi connectivity index (χ1v) is 8.76. The highest BCUT2D eigenvalue weighted by Gasteiger charge is 2.25. The van der Waals surface area contributed by atoms with Gasteiger partial charge in [0.05, 0.1) is 0 Å². The zero-order valence-electron chi connectivity index (χ0n) is 11.6. The number of carbonyl (C=O) groups excluding carboxylic acids is 1. The Bertz CT molecular complexity index is 447. The lowest BCUT2D eigenvalue weighted by molar-refractivity contribution is 0.0750. The number of thioether (sulfide) groups is 1. The average molecular weight is 345 g/mol. The molecule has 0 saturated carbocycles. The van der Waals surface area contributed by atoms with E-state index in [1.807, 2.05) is 28.9 Å². The van der Waals surface area contributed by atoms with Crippen molar-refractivity contribution >= 4 is 33.6 Å². The Morgan fingerprint density at radius 3 is 3.00 bits per heavy atom. The maximum absolute atomic E-state index is 12.6. The second kappa shape index (κ2) is 6.84. The molecular weight excluding hydrogens is 324 g/mol. The first-order valence-electron chi connectivity index (χ1n) is 6.92. The molecule has 1 saturated heterocycles. The lowest BCUT2D eigenvalue weighted by Crippen LogP contribution is -2.42. The van der Waals surface area contributed by atoms with Crippen LogP contribution in [0.2, 0.25) is 0 Å². The second-order valence-electron chi connectivity index (χ2n) is 4.89. The van der Waals surface area contributed by atoms with Crippen LogP contribution in [0.15, 0.2) is 16.7 Å². The van der Waals surface area contributed by atoms with Crippen molar-refractivity contribution in [1.82, 2.24) is 9.47 Å². The van der Waals surface area contributed by atoms with Gasteiger partial charge in [-0.25, -0.2) is 0 Å². The van der Waals surface area contributed by atoms with E-state index in [-0.39, 0.29) is 5.91 Å². The van der Waals surface area contributed by atoms with Gasteiger partial charge in [-0.1, -0.05) is 13.8 Å². The first-order chi connectivity index (χ1) is 9.15. The van der Waals surface area contributed by atoms with Gasteiger partial charge < -0.3 is 9.47 Å². The van der Waals surface area contributed by atoms with E-state index in [0.29, 0.717) is 5.25 Å². The van der Waals surface area contributed by atoms with Gasteiger partial charge in [-0.15, -0.1) is 0 Å². The van der Waals surface area contributed by atoms with Gasteiger partial charge in [0.25, 0.3) is 5.91 Å². The van der Waals surface area contributed by atoms with E-state index in [4.69, 9.17) is 0 Å². The van der Waals surface area contributed by atoms with Gasteiger partial charge in [0.2, 0.25) is 0 Å². The van der Waals surface area contributed by atoms with Crippen LogP contribution in [0.25, 0.3) is 0 Å². The summed E-state index contributed by atoms with van der Waals surface area (Å²) in [5, 5.41) is 0.593. The number of nitrogens with zero attached hydrogens (tertiary/aromatic N) is 2. The Hall–Kier alpha value is -0.420. The molecule has 2 rings (SSSR count). The van der Waals surface area contributed by atoms with Crippen molar-refractivity contribution in [3.8, 4) is 0 Å². The predicted molar refractivity (Wildman–Crippen MR) is 84.9 cm³/mol. The van der Waals surface area contributed by atoms with Gasteiger partial charge in [0.15, 0.2) is 0 Å². The third-order valence-electron chi connectivity index (χ3n) is 3.43. The summed E-state index contributed by atoms with van der Waals surface area (Å²) >= 11 is 5.46. The standard InChI is InChI=1S/C14H21BrN2OS/c1-3-5-16-9-11(15)8-13(16)14(18)17-6-7-19-12(4-2)10-17/h8-9,12H,3-7,10H2,1-2H3. The van der Waals surface area contributed by atoms with Crippen molar-refractivity contribution in [2.45, 2.75) is 38.5 Å². The third-order valence-corrected chi connectivity index (χ3v) is 5.23. The highest BCUT2D eigenvalue weighted by Crippen LogP contribution is 2.24. The van der Waals surface area contributed by atoms with E-state index < -0.39 is 0 Å². The quantitative estimate of drug-likeness (QED) is 0.833. The lowest BCUT2D eigenvalue weighted by atomic mass is 10.2. The average Bonchev–Trinajstić information content (AvgIpc) is 2.79. The van der Waals surface area contributed by atoms with Crippen LogP contribution in [0.3, 0.4) is 0 Å². The molecule has 1 aromatic rings. The molecule has 0 bridgehead atoms. The van der Waals surface area contributed by atoms with Gasteiger partial charge >= 0.3 is 0 Å². The minimum absolute atomic E-state index is 0.179. The molecule has 1 fully saturated rings. The molecule has 0 aliphatic carbocycles. The Kier molecular flexibility index (Phi) is 5.39. The number of carbonyl (C=O) groups is 1. The summed E-state index contributed by atoms with van der Waals surface area (Å²) in [5.41, 5.74) is 0.815. The van der Waals surface area contributed by atoms with E-state index in [0.717, 1.165) is 48.4 Å². The highest BCUT2D eigenvalue weighted by atomic mass is 79.9. The van der Waals surface area contributed by atoms with Crippen LogP contribution >= 0.6 is 27.7 Å². The van der Waals surface area contributed by atoms with Crippen molar-refractivity contribution in [3.05, 3.63) is 22.4 Å². The van der Waals surface area contributed by atoms with Gasteiger partial charge in [-0.05, 0) is 34.8 Å². The van der Waals surface area contributed by atoms with Crippen molar-refractivity contribution in [2.24, 2.45) is 0 Å². The number of halogens is 1.